The van der Waals surface area contributed by atoms with E-state index in [4.69, 9.17) is 19.3 Å². The van der Waals surface area contributed by atoms with E-state index in [0.717, 1.165) is 51.4 Å². The van der Waals surface area contributed by atoms with E-state index in [1.807, 2.05) is 6.08 Å². The average molecular weight is 659 g/mol. The van der Waals surface area contributed by atoms with Crippen molar-refractivity contribution in [3.05, 3.63) is 24.3 Å². The zero-order chi connectivity index (χ0) is 33.4. The minimum absolute atomic E-state index is 0.111. The van der Waals surface area contributed by atoms with E-state index in [-0.39, 0.29) is 25.2 Å². The maximum absolute atomic E-state index is 12.3. The molecular weight excluding hydrogens is 595 g/mol. The fourth-order valence-corrected chi connectivity index (χ4v) is 5.13. The van der Waals surface area contributed by atoms with Crippen molar-refractivity contribution in [3.63, 3.8) is 0 Å². The van der Waals surface area contributed by atoms with Crippen LogP contribution in [0.1, 0.15) is 162 Å². The monoisotopic (exact) mass is 658 g/mol. The summed E-state index contributed by atoms with van der Waals surface area (Å²) in [6.45, 7) is 3.50. The molecule has 0 aromatic rings. The van der Waals surface area contributed by atoms with Crippen molar-refractivity contribution in [1.82, 2.24) is 0 Å². The van der Waals surface area contributed by atoms with Gasteiger partial charge in [-0.15, -0.1) is 0 Å². The highest BCUT2D eigenvalue weighted by atomic mass is 31.2. The number of allylic oxidation sites excluding steroid dienone is 4. The highest BCUT2D eigenvalue weighted by Crippen LogP contribution is 2.36. The van der Waals surface area contributed by atoms with E-state index < -0.39 is 32.5 Å². The number of phosphoric acid groups is 1. The van der Waals surface area contributed by atoms with Gasteiger partial charge in [-0.1, -0.05) is 128 Å². The lowest BCUT2D eigenvalue weighted by molar-refractivity contribution is -0.161. The number of carbonyl (C=O) groups is 3. The lowest BCUT2D eigenvalue weighted by Gasteiger charge is -2.18. The van der Waals surface area contributed by atoms with Gasteiger partial charge < -0.3 is 19.3 Å². The zero-order valence-corrected chi connectivity index (χ0v) is 29.2. The lowest BCUT2D eigenvalue weighted by atomic mass is 10.1. The van der Waals surface area contributed by atoms with Gasteiger partial charge in [0.2, 0.25) is 0 Å². The van der Waals surface area contributed by atoms with Crippen LogP contribution in [0.15, 0.2) is 24.3 Å². The molecule has 1 atom stereocenters. The molecule has 45 heavy (non-hydrogen) atoms. The molecule has 10 heteroatoms. The standard InChI is InChI=1S/C35H63O9P/c1-3-5-7-9-11-12-13-14-16-20-24-28-34(37)42-30-33(31-43-45(39,40)41)44-35(38)29-25-21-17-19-23-27-32(36)26-22-18-15-10-8-6-4-2/h15,18,22,26,33H,3-14,16-17,19-21,23-25,27-31H2,1-2H3,(H2,39,40,41)/b18-15-,26-22+/t33-/m1/s1. The molecule has 0 heterocycles. The van der Waals surface area contributed by atoms with Crippen LogP contribution in [-0.4, -0.2) is 46.8 Å². The summed E-state index contributed by atoms with van der Waals surface area (Å²) in [5.74, 6) is -0.866. The maximum Gasteiger partial charge on any atom is 0.469 e. The summed E-state index contributed by atoms with van der Waals surface area (Å²) in [7, 11) is -4.77. The Hall–Kier alpha value is -1.80. The first-order valence-electron chi connectivity index (χ1n) is 17.6. The van der Waals surface area contributed by atoms with E-state index in [9.17, 15) is 18.9 Å². The Morgan fingerprint density at radius 3 is 1.67 bits per heavy atom. The second-order valence-electron chi connectivity index (χ2n) is 11.9. The molecule has 0 saturated carbocycles. The third-order valence-corrected chi connectivity index (χ3v) is 7.93. The molecule has 0 aromatic carbocycles. The van der Waals surface area contributed by atoms with E-state index >= 15 is 0 Å². The number of phosphoric ester groups is 1. The van der Waals surface area contributed by atoms with Crippen LogP contribution in [0, 0.1) is 0 Å². The summed E-state index contributed by atoms with van der Waals surface area (Å²) < 4.78 is 26.1. The van der Waals surface area contributed by atoms with Crippen molar-refractivity contribution >= 4 is 25.5 Å². The van der Waals surface area contributed by atoms with Crippen molar-refractivity contribution in [3.8, 4) is 0 Å². The van der Waals surface area contributed by atoms with Crippen LogP contribution < -0.4 is 0 Å². The minimum Gasteiger partial charge on any atom is -0.462 e. The molecule has 0 aliphatic heterocycles. The quantitative estimate of drug-likeness (QED) is 0.0238. The number of ketones is 1. The number of hydrogen-bond acceptors (Lipinski definition) is 7. The van der Waals surface area contributed by atoms with Crippen molar-refractivity contribution < 1.29 is 42.7 Å². The third kappa shape index (κ3) is 33.4. The van der Waals surface area contributed by atoms with Gasteiger partial charge in [0, 0.05) is 19.3 Å². The molecule has 0 rings (SSSR count). The van der Waals surface area contributed by atoms with Gasteiger partial charge in [0.1, 0.15) is 6.61 Å². The number of hydrogen-bond donors (Lipinski definition) is 2. The second-order valence-corrected chi connectivity index (χ2v) is 13.1. The van der Waals surface area contributed by atoms with E-state index in [2.05, 4.69) is 24.4 Å². The summed E-state index contributed by atoms with van der Waals surface area (Å²) in [4.78, 5) is 54.5. The molecule has 0 aliphatic carbocycles. The van der Waals surface area contributed by atoms with Crippen LogP contribution in [0.25, 0.3) is 0 Å². The first-order chi connectivity index (χ1) is 21.7. The third-order valence-electron chi connectivity index (χ3n) is 7.45. The Morgan fingerprint density at radius 2 is 1.11 bits per heavy atom. The Morgan fingerprint density at radius 1 is 0.622 bits per heavy atom. The summed E-state index contributed by atoms with van der Waals surface area (Å²) in [5.41, 5.74) is 0. The largest absolute Gasteiger partial charge is 0.469 e. The van der Waals surface area contributed by atoms with Crippen molar-refractivity contribution in [2.45, 2.75) is 168 Å². The number of esters is 2. The summed E-state index contributed by atoms with van der Waals surface area (Å²) >= 11 is 0. The second kappa shape index (κ2) is 30.8. The first-order valence-corrected chi connectivity index (χ1v) is 19.1. The molecule has 0 bridgehead atoms. The Balaban J connectivity index is 4.10. The Bertz CT molecular complexity index is 850. The zero-order valence-electron chi connectivity index (χ0n) is 28.3. The van der Waals surface area contributed by atoms with E-state index in [0.29, 0.717) is 19.3 Å². The van der Waals surface area contributed by atoms with Gasteiger partial charge in [-0.3, -0.25) is 18.9 Å². The van der Waals surface area contributed by atoms with Crippen LogP contribution in [0.3, 0.4) is 0 Å². The molecule has 0 unspecified atom stereocenters. The molecule has 0 spiro atoms. The van der Waals surface area contributed by atoms with Gasteiger partial charge in [0.05, 0.1) is 6.61 Å². The molecule has 0 aromatic heterocycles. The Kier molecular flexibility index (Phi) is 29.6. The lowest BCUT2D eigenvalue weighted by Crippen LogP contribution is -2.29. The van der Waals surface area contributed by atoms with Gasteiger partial charge in [-0.05, 0) is 38.2 Å². The molecule has 2 N–H and O–H groups in total. The van der Waals surface area contributed by atoms with Gasteiger partial charge in [0.15, 0.2) is 11.9 Å². The van der Waals surface area contributed by atoms with Crippen molar-refractivity contribution in [2.24, 2.45) is 0 Å². The number of unbranched alkanes of at least 4 members (excludes halogenated alkanes) is 17. The van der Waals surface area contributed by atoms with Gasteiger partial charge in [-0.25, -0.2) is 4.57 Å². The molecule has 0 aliphatic rings. The van der Waals surface area contributed by atoms with Gasteiger partial charge in [-0.2, -0.15) is 0 Å². The minimum atomic E-state index is -4.77. The van der Waals surface area contributed by atoms with Gasteiger partial charge >= 0.3 is 19.8 Å². The molecule has 0 fully saturated rings. The predicted octanol–water partition coefficient (Wildman–Crippen LogP) is 9.24. The van der Waals surface area contributed by atoms with Crippen LogP contribution in [-0.2, 0) is 32.9 Å². The molecule has 0 amide bonds. The molecule has 262 valence electrons. The van der Waals surface area contributed by atoms with Crippen molar-refractivity contribution in [2.75, 3.05) is 13.2 Å². The average Bonchev–Trinajstić information content (AvgIpc) is 2.99. The fourth-order valence-electron chi connectivity index (χ4n) is 4.76. The molecule has 0 radical (unpaired) electrons. The summed E-state index contributed by atoms with van der Waals surface area (Å²) in [5, 5.41) is 0. The predicted molar refractivity (Wildman–Crippen MR) is 180 cm³/mol. The van der Waals surface area contributed by atoms with E-state index in [1.165, 1.54) is 64.2 Å². The van der Waals surface area contributed by atoms with Crippen LogP contribution >= 0.6 is 7.82 Å². The first kappa shape index (κ1) is 43.2. The van der Waals surface area contributed by atoms with Crippen molar-refractivity contribution in [1.29, 1.82) is 0 Å². The van der Waals surface area contributed by atoms with Crippen LogP contribution in [0.5, 0.6) is 0 Å². The number of carbonyl (C=O) groups excluding carboxylic acids is 3. The summed E-state index contributed by atoms with van der Waals surface area (Å²) in [6.07, 6.45) is 28.7. The normalized spacial score (nSPS) is 12.6. The van der Waals surface area contributed by atoms with Crippen LogP contribution in [0.4, 0.5) is 0 Å². The summed E-state index contributed by atoms with van der Waals surface area (Å²) in [6, 6.07) is 0. The van der Waals surface area contributed by atoms with Crippen LogP contribution in [0.2, 0.25) is 0 Å². The van der Waals surface area contributed by atoms with E-state index in [1.54, 1.807) is 12.2 Å². The van der Waals surface area contributed by atoms with Gasteiger partial charge in [0.25, 0.3) is 0 Å². The number of rotatable bonds is 32. The highest BCUT2D eigenvalue weighted by molar-refractivity contribution is 7.46. The molecule has 0 saturated heterocycles. The number of ether oxygens (including phenoxy) is 2. The highest BCUT2D eigenvalue weighted by Gasteiger charge is 2.22. The SMILES string of the molecule is CCCCC/C=C\C=C\C(=O)CCCCCCCC(=O)O[C@H](COC(=O)CCCCCCCCCCCCC)COP(=O)(O)O. The topological polar surface area (TPSA) is 136 Å². The maximum atomic E-state index is 12.3. The fraction of sp³-hybridized carbons (Fsp3) is 0.800. The molecular formula is C35H63O9P. The Labute approximate surface area is 273 Å². The molecule has 9 nitrogen and oxygen atoms in total. The smallest absolute Gasteiger partial charge is 0.462 e.